The van der Waals surface area contributed by atoms with Gasteiger partial charge in [0.15, 0.2) is 0 Å². The minimum absolute atomic E-state index is 0.178. The molecule has 5 nitrogen and oxygen atoms in total. The van der Waals surface area contributed by atoms with Gasteiger partial charge in [0, 0.05) is 0 Å². The molecule has 0 fully saturated rings. The summed E-state index contributed by atoms with van der Waals surface area (Å²) >= 11 is 0. The van der Waals surface area contributed by atoms with Crippen LogP contribution in [0.4, 0.5) is 10.1 Å². The number of ether oxygens (including phenoxy) is 2. The first kappa shape index (κ1) is 15.2. The number of methoxy groups -OCH3 is 2. The molecule has 0 bridgehead atoms. The van der Waals surface area contributed by atoms with Crippen molar-refractivity contribution in [1.29, 1.82) is 0 Å². The van der Waals surface area contributed by atoms with Gasteiger partial charge < -0.3 is 14.8 Å². The number of carbonyl (C=O) groups excluding carboxylic acids is 2. The van der Waals surface area contributed by atoms with Crippen LogP contribution in [-0.2, 0) is 19.1 Å². The molecule has 0 unspecified atom stereocenters. The van der Waals surface area contributed by atoms with Crippen LogP contribution >= 0.6 is 0 Å². The standard InChI is InChI=1S/C14H12FNO4/c1-4-9-7-10(15)5-6-11(9)16-12(14(18)20-3)8-13(17)19-2/h1,5-8,16H,2-3H3/b12-8+. The van der Waals surface area contributed by atoms with E-state index in [0.29, 0.717) is 0 Å². The molecule has 6 heteroatoms. The summed E-state index contributed by atoms with van der Waals surface area (Å²) in [6, 6.07) is 3.63. The highest BCUT2D eigenvalue weighted by Gasteiger charge is 2.14. The van der Waals surface area contributed by atoms with Crippen molar-refractivity contribution in [2.45, 2.75) is 0 Å². The van der Waals surface area contributed by atoms with Crippen molar-refractivity contribution in [3.05, 3.63) is 41.4 Å². The van der Waals surface area contributed by atoms with Crippen LogP contribution in [0.2, 0.25) is 0 Å². The lowest BCUT2D eigenvalue weighted by atomic mass is 10.1. The maximum atomic E-state index is 13.1. The Balaban J connectivity index is 3.14. The minimum atomic E-state index is -0.789. The van der Waals surface area contributed by atoms with Crippen molar-refractivity contribution in [3.63, 3.8) is 0 Å². The molecule has 104 valence electrons. The molecule has 0 amide bonds. The van der Waals surface area contributed by atoms with Crippen molar-refractivity contribution in [2.24, 2.45) is 0 Å². The Labute approximate surface area is 115 Å². The molecular formula is C14H12FNO4. The molecule has 1 rings (SSSR count). The predicted molar refractivity (Wildman–Crippen MR) is 70.1 cm³/mol. The van der Waals surface area contributed by atoms with Gasteiger partial charge in [-0.15, -0.1) is 6.42 Å². The van der Waals surface area contributed by atoms with Gasteiger partial charge >= 0.3 is 11.9 Å². The molecule has 0 saturated heterocycles. The first-order valence-corrected chi connectivity index (χ1v) is 5.43. The molecule has 0 saturated carbocycles. The number of anilines is 1. The molecule has 0 aliphatic carbocycles. The summed E-state index contributed by atoms with van der Waals surface area (Å²) in [6.45, 7) is 0. The van der Waals surface area contributed by atoms with Crippen LogP contribution in [-0.4, -0.2) is 26.2 Å². The van der Waals surface area contributed by atoms with Gasteiger partial charge in [-0.2, -0.15) is 0 Å². The smallest absolute Gasteiger partial charge is 0.354 e. The summed E-state index contributed by atoms with van der Waals surface area (Å²) < 4.78 is 22.0. The summed E-state index contributed by atoms with van der Waals surface area (Å²) in [5.74, 6) is 0.217. The third-order valence-electron chi connectivity index (χ3n) is 2.28. The van der Waals surface area contributed by atoms with E-state index >= 15 is 0 Å². The van der Waals surface area contributed by atoms with Crippen molar-refractivity contribution in [2.75, 3.05) is 19.5 Å². The van der Waals surface area contributed by atoms with Crippen LogP contribution in [0.3, 0.4) is 0 Å². The maximum Gasteiger partial charge on any atom is 0.354 e. The fraction of sp³-hybridized carbons (Fsp3) is 0.143. The van der Waals surface area contributed by atoms with Crippen molar-refractivity contribution < 1.29 is 23.5 Å². The van der Waals surface area contributed by atoms with Gasteiger partial charge in [-0.25, -0.2) is 14.0 Å². The molecule has 20 heavy (non-hydrogen) atoms. The van der Waals surface area contributed by atoms with Crippen molar-refractivity contribution in [3.8, 4) is 12.3 Å². The Morgan fingerprint density at radius 3 is 2.60 bits per heavy atom. The Bertz CT molecular complexity index is 602. The van der Waals surface area contributed by atoms with E-state index in [2.05, 4.69) is 20.7 Å². The van der Waals surface area contributed by atoms with Gasteiger partial charge in [0.2, 0.25) is 0 Å². The summed E-state index contributed by atoms with van der Waals surface area (Å²) in [5, 5.41) is 2.62. The first-order chi connectivity index (χ1) is 9.51. The molecule has 0 radical (unpaired) electrons. The number of hydrogen-bond acceptors (Lipinski definition) is 5. The molecule has 0 heterocycles. The van der Waals surface area contributed by atoms with E-state index in [1.54, 1.807) is 0 Å². The Morgan fingerprint density at radius 1 is 1.35 bits per heavy atom. The van der Waals surface area contributed by atoms with E-state index in [-0.39, 0.29) is 16.9 Å². The van der Waals surface area contributed by atoms with Gasteiger partial charge in [0.25, 0.3) is 0 Å². The Morgan fingerprint density at radius 2 is 2.05 bits per heavy atom. The van der Waals surface area contributed by atoms with E-state index in [0.717, 1.165) is 25.3 Å². The van der Waals surface area contributed by atoms with Gasteiger partial charge in [-0.3, -0.25) is 0 Å². The zero-order valence-corrected chi connectivity index (χ0v) is 10.9. The average molecular weight is 277 g/mol. The third-order valence-corrected chi connectivity index (χ3v) is 2.28. The van der Waals surface area contributed by atoms with Crippen molar-refractivity contribution in [1.82, 2.24) is 0 Å². The second-order valence-electron chi connectivity index (χ2n) is 3.53. The summed E-state index contributed by atoms with van der Waals surface area (Å²) in [6.07, 6.45) is 6.16. The second kappa shape index (κ2) is 6.95. The van der Waals surface area contributed by atoms with Crippen molar-refractivity contribution >= 4 is 17.6 Å². The second-order valence-corrected chi connectivity index (χ2v) is 3.53. The maximum absolute atomic E-state index is 13.1. The third kappa shape index (κ3) is 3.85. The van der Waals surface area contributed by atoms with E-state index in [9.17, 15) is 14.0 Å². The SMILES string of the molecule is C#Cc1cc(F)ccc1N/C(=C/C(=O)OC)C(=O)OC. The molecule has 0 aliphatic rings. The highest BCUT2D eigenvalue weighted by molar-refractivity contribution is 5.99. The van der Waals surface area contributed by atoms with Crippen LogP contribution in [0.25, 0.3) is 0 Å². The largest absolute Gasteiger partial charge is 0.466 e. The van der Waals surface area contributed by atoms with Crippen LogP contribution in [0.15, 0.2) is 30.0 Å². The number of benzene rings is 1. The number of esters is 2. The minimum Gasteiger partial charge on any atom is -0.466 e. The predicted octanol–water partition coefficient (Wildman–Crippen LogP) is 1.45. The van der Waals surface area contributed by atoms with Gasteiger partial charge in [-0.05, 0) is 18.2 Å². The number of nitrogens with one attached hydrogen (secondary N) is 1. The molecule has 0 aromatic heterocycles. The number of halogens is 1. The zero-order valence-electron chi connectivity index (χ0n) is 10.9. The average Bonchev–Trinajstić information content (AvgIpc) is 2.46. The topological polar surface area (TPSA) is 64.6 Å². The van der Waals surface area contributed by atoms with E-state index in [1.807, 2.05) is 0 Å². The van der Waals surface area contributed by atoms with Crippen LogP contribution < -0.4 is 5.32 Å². The Hall–Kier alpha value is -2.81. The summed E-state index contributed by atoms with van der Waals surface area (Å²) in [7, 11) is 2.32. The zero-order chi connectivity index (χ0) is 15.1. The number of terminal acetylenes is 1. The molecule has 1 N–H and O–H groups in total. The molecule has 0 atom stereocenters. The van der Waals surface area contributed by atoms with E-state index in [1.165, 1.54) is 13.2 Å². The molecule has 0 aliphatic heterocycles. The van der Waals surface area contributed by atoms with Crippen LogP contribution in [0, 0.1) is 18.2 Å². The normalized spacial score (nSPS) is 10.4. The number of rotatable bonds is 4. The van der Waals surface area contributed by atoms with E-state index < -0.39 is 17.8 Å². The molecule has 1 aromatic rings. The fourth-order valence-electron chi connectivity index (χ4n) is 1.32. The highest BCUT2D eigenvalue weighted by atomic mass is 19.1. The number of hydrogen-bond donors (Lipinski definition) is 1. The van der Waals surface area contributed by atoms with Gasteiger partial charge in [0.1, 0.15) is 11.5 Å². The van der Waals surface area contributed by atoms with Gasteiger partial charge in [-0.1, -0.05) is 5.92 Å². The molecule has 1 aromatic carbocycles. The van der Waals surface area contributed by atoms with Crippen LogP contribution in [0.1, 0.15) is 5.56 Å². The highest BCUT2D eigenvalue weighted by Crippen LogP contribution is 2.18. The lowest BCUT2D eigenvalue weighted by Crippen LogP contribution is -2.16. The first-order valence-electron chi connectivity index (χ1n) is 5.43. The van der Waals surface area contributed by atoms with E-state index in [4.69, 9.17) is 6.42 Å². The molecular weight excluding hydrogens is 265 g/mol. The quantitative estimate of drug-likeness (QED) is 0.512. The molecule has 0 spiro atoms. The lowest BCUT2D eigenvalue weighted by molar-refractivity contribution is -0.138. The van der Waals surface area contributed by atoms with Crippen LogP contribution in [0.5, 0.6) is 0 Å². The monoisotopic (exact) mass is 277 g/mol. The summed E-state index contributed by atoms with van der Waals surface area (Å²) in [5.41, 5.74) is 0.307. The Kier molecular flexibility index (Phi) is 5.30. The van der Waals surface area contributed by atoms with Gasteiger partial charge in [0.05, 0.1) is 31.5 Å². The lowest BCUT2D eigenvalue weighted by Gasteiger charge is -2.10. The fourth-order valence-corrected chi connectivity index (χ4v) is 1.32. The number of carbonyl (C=O) groups is 2. The summed E-state index contributed by atoms with van der Waals surface area (Å²) in [4.78, 5) is 22.7.